The van der Waals surface area contributed by atoms with Crippen molar-refractivity contribution in [3.63, 3.8) is 0 Å². The Morgan fingerprint density at radius 1 is 0.923 bits per heavy atom. The lowest BCUT2D eigenvalue weighted by Crippen LogP contribution is -2.44. The highest BCUT2D eigenvalue weighted by molar-refractivity contribution is 4.84. The predicted molar refractivity (Wildman–Crippen MR) is 61.1 cm³/mol. The maximum Gasteiger partial charge on any atom is 0.0176 e. The molecule has 80 valence electrons. The second-order valence-corrected chi connectivity index (χ2v) is 4.02. The molecule has 0 atom stereocenters. The van der Waals surface area contributed by atoms with Crippen LogP contribution in [0.15, 0.2) is 0 Å². The number of unbranched alkanes of at least 4 members (excludes halogenated alkanes) is 1. The molecule has 0 rings (SSSR count). The molecule has 0 amide bonds. The van der Waals surface area contributed by atoms with Gasteiger partial charge >= 0.3 is 0 Å². The Hall–Kier alpha value is -0.0400. The summed E-state index contributed by atoms with van der Waals surface area (Å²) in [5.74, 6) is 0. The van der Waals surface area contributed by atoms with Crippen molar-refractivity contribution >= 4 is 0 Å². The fourth-order valence-electron chi connectivity index (χ4n) is 1.95. The minimum atomic E-state index is 0.434. The van der Waals surface area contributed by atoms with Crippen molar-refractivity contribution in [3.05, 3.63) is 0 Å². The first-order valence-electron chi connectivity index (χ1n) is 5.99. The molecule has 0 radical (unpaired) electrons. The van der Waals surface area contributed by atoms with Crippen LogP contribution in [0.4, 0.5) is 0 Å². The zero-order valence-electron chi connectivity index (χ0n) is 9.95. The Balaban J connectivity index is 3.89. The Bertz CT molecular complexity index is 106. The van der Waals surface area contributed by atoms with E-state index >= 15 is 0 Å². The molecular weight excluding hydrogens is 158 g/mol. The van der Waals surface area contributed by atoms with Crippen LogP contribution in [0.1, 0.15) is 66.2 Å². The molecule has 0 saturated heterocycles. The average molecular weight is 185 g/mol. The highest BCUT2D eigenvalue weighted by Gasteiger charge is 2.23. The third-order valence-corrected chi connectivity index (χ3v) is 3.11. The number of hydrogen-bond acceptors (Lipinski definition) is 1. The van der Waals surface area contributed by atoms with E-state index < -0.39 is 0 Å². The van der Waals surface area contributed by atoms with Crippen molar-refractivity contribution in [3.8, 4) is 0 Å². The Kier molecular flexibility index (Phi) is 7.35. The molecule has 0 fully saturated rings. The van der Waals surface area contributed by atoms with E-state index in [1.165, 1.54) is 45.1 Å². The number of hydrogen-bond donors (Lipinski definition) is 1. The topological polar surface area (TPSA) is 12.0 Å². The zero-order chi connectivity index (χ0) is 10.2. The fourth-order valence-corrected chi connectivity index (χ4v) is 1.95. The fraction of sp³-hybridized carbons (Fsp3) is 1.00. The van der Waals surface area contributed by atoms with E-state index in [9.17, 15) is 0 Å². The quantitative estimate of drug-likeness (QED) is 0.568. The molecule has 0 aliphatic heterocycles. The van der Waals surface area contributed by atoms with E-state index in [0.29, 0.717) is 5.54 Å². The molecule has 1 nitrogen and oxygen atoms in total. The van der Waals surface area contributed by atoms with Crippen molar-refractivity contribution in [2.24, 2.45) is 0 Å². The van der Waals surface area contributed by atoms with Crippen molar-refractivity contribution in [1.29, 1.82) is 0 Å². The summed E-state index contributed by atoms with van der Waals surface area (Å²) in [5.41, 5.74) is 0.434. The van der Waals surface area contributed by atoms with Gasteiger partial charge in [-0.1, -0.05) is 40.5 Å². The first-order valence-corrected chi connectivity index (χ1v) is 5.99. The molecule has 0 aliphatic carbocycles. The van der Waals surface area contributed by atoms with E-state index in [4.69, 9.17) is 0 Å². The van der Waals surface area contributed by atoms with Crippen LogP contribution >= 0.6 is 0 Å². The summed E-state index contributed by atoms with van der Waals surface area (Å²) in [7, 11) is 0. The van der Waals surface area contributed by atoms with E-state index in [0.717, 1.165) is 0 Å². The van der Waals surface area contributed by atoms with Gasteiger partial charge in [0.25, 0.3) is 0 Å². The van der Waals surface area contributed by atoms with E-state index in [1.807, 2.05) is 0 Å². The predicted octanol–water partition coefficient (Wildman–Crippen LogP) is 3.74. The second kappa shape index (κ2) is 7.37. The molecule has 0 bridgehead atoms. The van der Waals surface area contributed by atoms with Gasteiger partial charge in [-0.05, 0) is 32.2 Å². The summed E-state index contributed by atoms with van der Waals surface area (Å²) in [6.07, 6.45) is 7.75. The highest BCUT2D eigenvalue weighted by atomic mass is 15.0. The van der Waals surface area contributed by atoms with Crippen molar-refractivity contribution in [2.75, 3.05) is 6.54 Å². The number of nitrogens with one attached hydrogen (secondary N) is 1. The third kappa shape index (κ3) is 4.66. The lowest BCUT2D eigenvalue weighted by atomic mass is 9.88. The van der Waals surface area contributed by atoms with Gasteiger partial charge in [0.05, 0.1) is 0 Å². The molecule has 0 unspecified atom stereocenters. The summed E-state index contributed by atoms with van der Waals surface area (Å²) in [6, 6.07) is 0. The van der Waals surface area contributed by atoms with Crippen molar-refractivity contribution in [1.82, 2.24) is 5.32 Å². The highest BCUT2D eigenvalue weighted by Crippen LogP contribution is 2.21. The summed E-state index contributed by atoms with van der Waals surface area (Å²) in [5, 5.41) is 3.73. The van der Waals surface area contributed by atoms with Crippen LogP contribution in [0, 0.1) is 0 Å². The lowest BCUT2D eigenvalue weighted by Gasteiger charge is -2.33. The van der Waals surface area contributed by atoms with Crippen LogP contribution in [0.5, 0.6) is 0 Å². The molecule has 0 heterocycles. The molecule has 0 aliphatic rings. The summed E-state index contributed by atoms with van der Waals surface area (Å²) in [6.45, 7) is 10.3. The summed E-state index contributed by atoms with van der Waals surface area (Å²) < 4.78 is 0. The summed E-state index contributed by atoms with van der Waals surface area (Å²) in [4.78, 5) is 0. The van der Waals surface area contributed by atoms with E-state index in [-0.39, 0.29) is 0 Å². The van der Waals surface area contributed by atoms with Crippen LogP contribution in [0.3, 0.4) is 0 Å². The van der Waals surface area contributed by atoms with Crippen molar-refractivity contribution in [2.45, 2.75) is 71.8 Å². The van der Waals surface area contributed by atoms with Gasteiger partial charge in [-0.3, -0.25) is 0 Å². The standard InChI is InChI=1S/C12H27N/c1-5-9-11-13-12(7-3,8-4)10-6-2/h13H,5-11H2,1-4H3. The first kappa shape index (κ1) is 13.0. The molecule has 1 heteroatoms. The first-order chi connectivity index (χ1) is 6.24. The van der Waals surface area contributed by atoms with E-state index in [2.05, 4.69) is 33.0 Å². The van der Waals surface area contributed by atoms with E-state index in [1.54, 1.807) is 0 Å². The van der Waals surface area contributed by atoms with Gasteiger partial charge in [0.15, 0.2) is 0 Å². The van der Waals surface area contributed by atoms with Gasteiger partial charge in [0.2, 0.25) is 0 Å². The molecule has 0 saturated carbocycles. The van der Waals surface area contributed by atoms with Gasteiger partial charge in [0.1, 0.15) is 0 Å². The SMILES string of the molecule is CCCCNC(CC)(CC)CCC. The maximum absolute atomic E-state index is 3.73. The lowest BCUT2D eigenvalue weighted by molar-refractivity contribution is 0.276. The largest absolute Gasteiger partial charge is 0.311 e. The van der Waals surface area contributed by atoms with Crippen LogP contribution in [-0.4, -0.2) is 12.1 Å². The molecule has 0 spiro atoms. The van der Waals surface area contributed by atoms with Gasteiger partial charge < -0.3 is 5.32 Å². The van der Waals surface area contributed by atoms with Gasteiger partial charge in [-0.15, -0.1) is 0 Å². The van der Waals surface area contributed by atoms with Crippen LogP contribution < -0.4 is 5.32 Å². The number of rotatable bonds is 8. The monoisotopic (exact) mass is 185 g/mol. The average Bonchev–Trinajstić information content (AvgIpc) is 2.17. The Labute approximate surface area is 84.3 Å². The van der Waals surface area contributed by atoms with Gasteiger partial charge in [-0.2, -0.15) is 0 Å². The van der Waals surface area contributed by atoms with Gasteiger partial charge in [0, 0.05) is 5.54 Å². The molecule has 0 aromatic rings. The molecular formula is C12H27N. The Morgan fingerprint density at radius 2 is 1.54 bits per heavy atom. The minimum absolute atomic E-state index is 0.434. The molecule has 1 N–H and O–H groups in total. The Morgan fingerprint density at radius 3 is 1.92 bits per heavy atom. The molecule has 13 heavy (non-hydrogen) atoms. The molecule has 0 aromatic heterocycles. The smallest absolute Gasteiger partial charge is 0.0176 e. The second-order valence-electron chi connectivity index (χ2n) is 4.02. The normalized spacial score (nSPS) is 12.0. The van der Waals surface area contributed by atoms with Crippen molar-refractivity contribution < 1.29 is 0 Å². The van der Waals surface area contributed by atoms with Crippen LogP contribution in [0.2, 0.25) is 0 Å². The third-order valence-electron chi connectivity index (χ3n) is 3.11. The summed E-state index contributed by atoms with van der Waals surface area (Å²) >= 11 is 0. The van der Waals surface area contributed by atoms with Crippen LogP contribution in [-0.2, 0) is 0 Å². The minimum Gasteiger partial charge on any atom is -0.311 e. The van der Waals surface area contributed by atoms with Gasteiger partial charge in [-0.25, -0.2) is 0 Å². The molecule has 0 aromatic carbocycles. The van der Waals surface area contributed by atoms with Crippen LogP contribution in [0.25, 0.3) is 0 Å². The maximum atomic E-state index is 3.73. The zero-order valence-corrected chi connectivity index (χ0v) is 9.95.